The maximum absolute atomic E-state index is 11.9. The molecule has 0 heterocycles. The molecule has 0 aromatic carbocycles. The number of hydrogen-bond donors (Lipinski definition) is 2. The highest BCUT2D eigenvalue weighted by Gasteiger charge is 2.29. The van der Waals surface area contributed by atoms with E-state index in [4.69, 9.17) is 5.73 Å². The third kappa shape index (κ3) is 3.78. The summed E-state index contributed by atoms with van der Waals surface area (Å²) in [4.78, 5) is 11.9. The lowest BCUT2D eigenvalue weighted by Crippen LogP contribution is -2.41. The molecule has 0 radical (unpaired) electrons. The molecule has 1 aliphatic carbocycles. The number of rotatable bonds is 4. The van der Waals surface area contributed by atoms with Gasteiger partial charge in [-0.1, -0.05) is 27.2 Å². The monoisotopic (exact) mass is 226 g/mol. The van der Waals surface area contributed by atoms with Crippen molar-refractivity contribution in [1.82, 2.24) is 5.32 Å². The van der Waals surface area contributed by atoms with Crippen molar-refractivity contribution in [1.29, 1.82) is 0 Å². The average Bonchev–Trinajstić information content (AvgIpc) is 2.29. The van der Waals surface area contributed by atoms with Crippen LogP contribution in [0.4, 0.5) is 0 Å². The van der Waals surface area contributed by atoms with E-state index in [0.29, 0.717) is 17.9 Å². The van der Waals surface area contributed by atoms with E-state index in [1.165, 1.54) is 0 Å². The van der Waals surface area contributed by atoms with Crippen LogP contribution in [0.5, 0.6) is 0 Å². The fraction of sp³-hybridized carbons (Fsp3) is 0.923. The highest BCUT2D eigenvalue weighted by molar-refractivity contribution is 5.78. The van der Waals surface area contributed by atoms with Crippen molar-refractivity contribution in [2.45, 2.75) is 52.5 Å². The molecule has 16 heavy (non-hydrogen) atoms. The SMILES string of the molecule is CCC(C)CNC(=O)C1CCC(N)C(C)C1. The van der Waals surface area contributed by atoms with Crippen LogP contribution in [0.3, 0.4) is 0 Å². The summed E-state index contributed by atoms with van der Waals surface area (Å²) >= 11 is 0. The van der Waals surface area contributed by atoms with Crippen molar-refractivity contribution in [3.05, 3.63) is 0 Å². The number of nitrogens with two attached hydrogens (primary N) is 1. The average molecular weight is 226 g/mol. The van der Waals surface area contributed by atoms with Gasteiger partial charge in [-0.3, -0.25) is 4.79 Å². The van der Waals surface area contributed by atoms with Crippen LogP contribution in [0, 0.1) is 17.8 Å². The number of nitrogens with one attached hydrogen (secondary N) is 1. The first-order valence-corrected chi connectivity index (χ1v) is 6.57. The summed E-state index contributed by atoms with van der Waals surface area (Å²) in [6.07, 6.45) is 4.01. The maximum Gasteiger partial charge on any atom is 0.223 e. The lowest BCUT2D eigenvalue weighted by molar-refractivity contribution is -0.126. The summed E-state index contributed by atoms with van der Waals surface area (Å²) in [5, 5.41) is 3.06. The standard InChI is InChI=1S/C13H26N2O/c1-4-9(2)8-15-13(16)11-5-6-12(14)10(3)7-11/h9-12H,4-8,14H2,1-3H3,(H,15,16). The second-order valence-corrected chi connectivity index (χ2v) is 5.41. The molecule has 0 spiro atoms. The van der Waals surface area contributed by atoms with Gasteiger partial charge < -0.3 is 11.1 Å². The fourth-order valence-corrected chi connectivity index (χ4v) is 2.22. The van der Waals surface area contributed by atoms with E-state index in [9.17, 15) is 4.79 Å². The highest BCUT2D eigenvalue weighted by atomic mass is 16.1. The molecular formula is C13H26N2O. The second-order valence-electron chi connectivity index (χ2n) is 5.41. The molecule has 0 saturated heterocycles. The molecule has 0 bridgehead atoms. The van der Waals surface area contributed by atoms with Crippen molar-refractivity contribution in [2.75, 3.05) is 6.54 Å². The van der Waals surface area contributed by atoms with Crippen LogP contribution in [0.2, 0.25) is 0 Å². The summed E-state index contributed by atoms with van der Waals surface area (Å²) in [5.74, 6) is 1.48. The summed E-state index contributed by atoms with van der Waals surface area (Å²) in [5.41, 5.74) is 5.95. The third-order valence-corrected chi connectivity index (χ3v) is 3.93. The van der Waals surface area contributed by atoms with Gasteiger partial charge in [-0.05, 0) is 31.1 Å². The molecule has 4 atom stereocenters. The number of carbonyl (C=O) groups excluding carboxylic acids is 1. The van der Waals surface area contributed by atoms with Gasteiger partial charge in [-0.2, -0.15) is 0 Å². The van der Waals surface area contributed by atoms with Crippen molar-refractivity contribution in [3.8, 4) is 0 Å². The summed E-state index contributed by atoms with van der Waals surface area (Å²) < 4.78 is 0. The molecular weight excluding hydrogens is 200 g/mol. The van der Waals surface area contributed by atoms with Gasteiger partial charge in [-0.15, -0.1) is 0 Å². The zero-order valence-electron chi connectivity index (χ0n) is 10.8. The quantitative estimate of drug-likeness (QED) is 0.769. The smallest absolute Gasteiger partial charge is 0.223 e. The topological polar surface area (TPSA) is 55.1 Å². The van der Waals surface area contributed by atoms with E-state index < -0.39 is 0 Å². The first-order chi connectivity index (χ1) is 7.54. The van der Waals surface area contributed by atoms with Crippen molar-refractivity contribution >= 4 is 5.91 Å². The summed E-state index contributed by atoms with van der Waals surface area (Å²) in [6.45, 7) is 7.28. The Morgan fingerprint density at radius 3 is 2.75 bits per heavy atom. The molecule has 1 fully saturated rings. The first-order valence-electron chi connectivity index (χ1n) is 6.57. The Hall–Kier alpha value is -0.570. The summed E-state index contributed by atoms with van der Waals surface area (Å²) in [7, 11) is 0. The molecule has 1 rings (SSSR count). The zero-order valence-corrected chi connectivity index (χ0v) is 10.8. The van der Waals surface area contributed by atoms with Crippen LogP contribution in [0.15, 0.2) is 0 Å². The lowest BCUT2D eigenvalue weighted by atomic mass is 9.79. The van der Waals surface area contributed by atoms with Crippen LogP contribution in [0.25, 0.3) is 0 Å². The number of carbonyl (C=O) groups is 1. The predicted octanol–water partition coefficient (Wildman–Crippen LogP) is 1.91. The molecule has 0 aromatic heterocycles. The van der Waals surface area contributed by atoms with Gasteiger partial charge in [0.15, 0.2) is 0 Å². The molecule has 94 valence electrons. The molecule has 0 aromatic rings. The number of amides is 1. The van der Waals surface area contributed by atoms with E-state index >= 15 is 0 Å². The number of hydrogen-bond acceptors (Lipinski definition) is 2. The minimum absolute atomic E-state index is 0.193. The van der Waals surface area contributed by atoms with E-state index in [1.54, 1.807) is 0 Å². The molecule has 1 saturated carbocycles. The van der Waals surface area contributed by atoms with Crippen LogP contribution in [-0.4, -0.2) is 18.5 Å². The minimum Gasteiger partial charge on any atom is -0.356 e. The molecule has 3 N–H and O–H groups in total. The van der Waals surface area contributed by atoms with Gasteiger partial charge in [0.2, 0.25) is 5.91 Å². The van der Waals surface area contributed by atoms with Crippen LogP contribution >= 0.6 is 0 Å². The fourth-order valence-electron chi connectivity index (χ4n) is 2.22. The van der Waals surface area contributed by atoms with Gasteiger partial charge in [-0.25, -0.2) is 0 Å². The molecule has 1 amide bonds. The molecule has 0 aliphatic heterocycles. The Morgan fingerprint density at radius 2 is 2.19 bits per heavy atom. The molecule has 1 aliphatic rings. The first kappa shape index (κ1) is 13.5. The van der Waals surface area contributed by atoms with E-state index in [0.717, 1.165) is 32.2 Å². The second kappa shape index (κ2) is 6.24. The summed E-state index contributed by atoms with van der Waals surface area (Å²) in [6, 6.07) is 0.290. The van der Waals surface area contributed by atoms with Gasteiger partial charge in [0.05, 0.1) is 0 Å². The highest BCUT2D eigenvalue weighted by Crippen LogP contribution is 2.28. The Labute approximate surface area is 99.2 Å². The third-order valence-electron chi connectivity index (χ3n) is 3.93. The van der Waals surface area contributed by atoms with Crippen LogP contribution < -0.4 is 11.1 Å². The van der Waals surface area contributed by atoms with Gasteiger partial charge in [0.1, 0.15) is 0 Å². The van der Waals surface area contributed by atoms with Crippen LogP contribution in [-0.2, 0) is 4.79 Å². The minimum atomic E-state index is 0.193. The Balaban J connectivity index is 2.32. The lowest BCUT2D eigenvalue weighted by Gasteiger charge is -2.31. The Kier molecular flexibility index (Phi) is 5.26. The Morgan fingerprint density at radius 1 is 1.50 bits per heavy atom. The molecule has 4 unspecified atom stereocenters. The predicted molar refractivity (Wildman–Crippen MR) is 66.9 cm³/mol. The van der Waals surface area contributed by atoms with Gasteiger partial charge >= 0.3 is 0 Å². The van der Waals surface area contributed by atoms with Crippen molar-refractivity contribution in [2.24, 2.45) is 23.5 Å². The molecule has 3 heteroatoms. The van der Waals surface area contributed by atoms with E-state index in [1.807, 2.05) is 0 Å². The van der Waals surface area contributed by atoms with Gasteiger partial charge in [0.25, 0.3) is 0 Å². The van der Waals surface area contributed by atoms with Crippen LogP contribution in [0.1, 0.15) is 46.5 Å². The van der Waals surface area contributed by atoms with Crippen molar-refractivity contribution < 1.29 is 4.79 Å². The largest absolute Gasteiger partial charge is 0.356 e. The zero-order chi connectivity index (χ0) is 12.1. The Bertz CT molecular complexity index is 230. The maximum atomic E-state index is 11.9. The van der Waals surface area contributed by atoms with Gasteiger partial charge in [0, 0.05) is 18.5 Å². The van der Waals surface area contributed by atoms with E-state index in [2.05, 4.69) is 26.1 Å². The van der Waals surface area contributed by atoms with E-state index in [-0.39, 0.29) is 11.8 Å². The normalized spacial score (nSPS) is 32.1. The molecule has 3 nitrogen and oxygen atoms in total. The van der Waals surface area contributed by atoms with Crippen molar-refractivity contribution in [3.63, 3.8) is 0 Å².